The summed E-state index contributed by atoms with van der Waals surface area (Å²) in [6.45, 7) is 1.02. The lowest BCUT2D eigenvalue weighted by Crippen LogP contribution is -2.46. The number of hydrogen-bond acceptors (Lipinski definition) is 5. The molecule has 2 fully saturated rings. The quantitative estimate of drug-likeness (QED) is 0.156. The number of hydrogen-bond donors (Lipinski definition) is 3. The normalized spacial score (nSPS) is 26.6. The summed E-state index contributed by atoms with van der Waals surface area (Å²) < 4.78 is 5.16. The van der Waals surface area contributed by atoms with Gasteiger partial charge in [-0.05, 0) is 30.4 Å². The van der Waals surface area contributed by atoms with Crippen LogP contribution in [0.4, 0.5) is 0 Å². The lowest BCUT2D eigenvalue weighted by atomic mass is 9.85. The molecular formula is C20H26IN5O4. The Bertz CT molecular complexity index is 823. The first kappa shape index (κ1) is 22.3. The van der Waals surface area contributed by atoms with E-state index in [1.807, 2.05) is 0 Å². The molecule has 1 aromatic heterocycles. The molecule has 4 unspecified atom stereocenters. The minimum atomic E-state index is -0.204. The monoisotopic (exact) mass is 527 g/mol. The summed E-state index contributed by atoms with van der Waals surface area (Å²) in [6, 6.07) is 3.54. The van der Waals surface area contributed by atoms with Gasteiger partial charge in [-0.3, -0.25) is 24.3 Å². The van der Waals surface area contributed by atoms with Crippen LogP contribution in [0.2, 0.25) is 0 Å². The molecule has 2 aliphatic carbocycles. The van der Waals surface area contributed by atoms with E-state index in [0.717, 1.165) is 6.42 Å². The minimum absolute atomic E-state index is 0. The second kappa shape index (κ2) is 9.63. The van der Waals surface area contributed by atoms with Crippen LogP contribution >= 0.6 is 24.0 Å². The number of nitrogens with one attached hydrogen (secondary N) is 3. The minimum Gasteiger partial charge on any atom is -0.467 e. The van der Waals surface area contributed by atoms with Crippen molar-refractivity contribution in [3.05, 3.63) is 36.3 Å². The number of carbonyl (C=O) groups excluding carboxylic acids is 3. The van der Waals surface area contributed by atoms with E-state index < -0.39 is 0 Å². The van der Waals surface area contributed by atoms with E-state index in [4.69, 9.17) is 4.42 Å². The van der Waals surface area contributed by atoms with Gasteiger partial charge in [0.15, 0.2) is 5.96 Å². The molecule has 0 radical (unpaired) electrons. The zero-order valence-corrected chi connectivity index (χ0v) is 19.0. The smallest absolute Gasteiger partial charge is 0.239 e. The summed E-state index contributed by atoms with van der Waals surface area (Å²) in [4.78, 5) is 42.6. The second-order valence-electron chi connectivity index (χ2n) is 7.54. The summed E-state index contributed by atoms with van der Waals surface area (Å²) in [6.07, 6.45) is 6.65. The zero-order chi connectivity index (χ0) is 20.4. The number of likely N-dealkylation sites (tertiary alicyclic amines) is 1. The van der Waals surface area contributed by atoms with Gasteiger partial charge in [-0.1, -0.05) is 12.2 Å². The van der Waals surface area contributed by atoms with E-state index in [1.165, 1.54) is 4.90 Å². The van der Waals surface area contributed by atoms with Crippen molar-refractivity contribution in [2.45, 2.75) is 13.0 Å². The van der Waals surface area contributed by atoms with E-state index >= 15 is 0 Å². The predicted octanol–water partition coefficient (Wildman–Crippen LogP) is 0.486. The Hall–Kier alpha value is -2.37. The van der Waals surface area contributed by atoms with E-state index in [-0.39, 0.29) is 78.5 Å². The van der Waals surface area contributed by atoms with Crippen molar-refractivity contribution >= 4 is 47.7 Å². The molecule has 2 bridgehead atoms. The van der Waals surface area contributed by atoms with Crippen molar-refractivity contribution in [1.29, 1.82) is 0 Å². The molecule has 0 spiro atoms. The first-order valence-electron chi connectivity index (χ1n) is 9.85. The van der Waals surface area contributed by atoms with Crippen LogP contribution in [0.25, 0.3) is 0 Å². The van der Waals surface area contributed by atoms with Crippen LogP contribution in [0, 0.1) is 23.7 Å². The molecule has 1 saturated heterocycles. The fraction of sp³-hybridized carbons (Fsp3) is 0.500. The van der Waals surface area contributed by atoms with E-state index in [9.17, 15) is 14.4 Å². The Morgan fingerprint density at radius 2 is 1.87 bits per heavy atom. The SMILES string of the molecule is CN=C(NCCN1C(=O)C2C3C=CC(C3)C2C1=O)NCC(=O)NCc1ccco1.I. The number of nitrogens with zero attached hydrogens (tertiary/aromatic N) is 2. The molecular weight excluding hydrogens is 501 g/mol. The Morgan fingerprint density at radius 1 is 1.17 bits per heavy atom. The van der Waals surface area contributed by atoms with Crippen molar-refractivity contribution < 1.29 is 18.8 Å². The van der Waals surface area contributed by atoms with Crippen LogP contribution in [-0.4, -0.2) is 55.3 Å². The van der Waals surface area contributed by atoms with Crippen molar-refractivity contribution in [2.75, 3.05) is 26.7 Å². The van der Waals surface area contributed by atoms with Gasteiger partial charge in [0.05, 0.1) is 31.2 Å². The molecule has 1 aromatic rings. The third kappa shape index (κ3) is 4.37. The first-order valence-corrected chi connectivity index (χ1v) is 9.85. The molecule has 1 aliphatic heterocycles. The second-order valence-corrected chi connectivity index (χ2v) is 7.54. The zero-order valence-electron chi connectivity index (χ0n) is 16.7. The van der Waals surface area contributed by atoms with Crippen LogP contribution in [0.15, 0.2) is 40.0 Å². The maximum absolute atomic E-state index is 12.7. The van der Waals surface area contributed by atoms with Gasteiger partial charge in [-0.15, -0.1) is 24.0 Å². The number of fused-ring (bicyclic) bond motifs is 5. The average molecular weight is 527 g/mol. The maximum Gasteiger partial charge on any atom is 0.239 e. The van der Waals surface area contributed by atoms with Crippen LogP contribution in [0.5, 0.6) is 0 Å². The van der Waals surface area contributed by atoms with Gasteiger partial charge in [-0.25, -0.2) is 0 Å². The summed E-state index contributed by atoms with van der Waals surface area (Å²) in [5.74, 6) is 0.874. The molecule has 1 saturated carbocycles. The van der Waals surface area contributed by atoms with Crippen LogP contribution < -0.4 is 16.0 Å². The Labute approximate surface area is 191 Å². The molecule has 30 heavy (non-hydrogen) atoms. The summed E-state index contributed by atoms with van der Waals surface area (Å²) in [5.41, 5.74) is 0. The van der Waals surface area contributed by atoms with E-state index in [0.29, 0.717) is 24.8 Å². The predicted molar refractivity (Wildman–Crippen MR) is 120 cm³/mol. The topological polar surface area (TPSA) is 116 Å². The van der Waals surface area contributed by atoms with E-state index in [2.05, 4.69) is 33.1 Å². The maximum atomic E-state index is 12.7. The molecule has 4 rings (SSSR count). The molecule has 0 aromatic carbocycles. The number of furan rings is 1. The highest BCUT2D eigenvalue weighted by atomic mass is 127. The van der Waals surface area contributed by atoms with Crippen LogP contribution in [0.1, 0.15) is 12.2 Å². The Balaban J connectivity index is 0.00000256. The van der Waals surface area contributed by atoms with Crippen molar-refractivity contribution in [3.8, 4) is 0 Å². The summed E-state index contributed by atoms with van der Waals surface area (Å²) >= 11 is 0. The van der Waals surface area contributed by atoms with Gasteiger partial charge in [0.2, 0.25) is 17.7 Å². The highest BCUT2D eigenvalue weighted by Crippen LogP contribution is 2.52. The third-order valence-corrected chi connectivity index (χ3v) is 5.87. The van der Waals surface area contributed by atoms with Gasteiger partial charge in [0, 0.05) is 20.1 Å². The molecule has 4 atom stereocenters. The molecule has 3 amide bonds. The highest BCUT2D eigenvalue weighted by Gasteiger charge is 2.58. The molecule has 9 nitrogen and oxygen atoms in total. The fourth-order valence-corrected chi connectivity index (χ4v) is 4.52. The van der Waals surface area contributed by atoms with Crippen molar-refractivity contribution in [1.82, 2.24) is 20.9 Å². The largest absolute Gasteiger partial charge is 0.467 e. The Morgan fingerprint density at radius 3 is 2.47 bits per heavy atom. The lowest BCUT2D eigenvalue weighted by molar-refractivity contribution is -0.140. The van der Waals surface area contributed by atoms with Crippen molar-refractivity contribution in [3.63, 3.8) is 0 Å². The van der Waals surface area contributed by atoms with E-state index in [1.54, 1.807) is 25.4 Å². The van der Waals surface area contributed by atoms with Gasteiger partial charge in [0.25, 0.3) is 0 Å². The van der Waals surface area contributed by atoms with Gasteiger partial charge >= 0.3 is 0 Å². The molecule has 3 N–H and O–H groups in total. The number of amides is 3. The number of allylic oxidation sites excluding steroid dienone is 2. The third-order valence-electron chi connectivity index (χ3n) is 5.87. The fourth-order valence-electron chi connectivity index (χ4n) is 4.52. The molecule has 3 aliphatic rings. The van der Waals surface area contributed by atoms with Gasteiger partial charge in [-0.2, -0.15) is 0 Å². The van der Waals surface area contributed by atoms with Crippen LogP contribution in [-0.2, 0) is 20.9 Å². The highest BCUT2D eigenvalue weighted by molar-refractivity contribution is 14.0. The molecule has 162 valence electrons. The van der Waals surface area contributed by atoms with Gasteiger partial charge in [0.1, 0.15) is 5.76 Å². The number of imide groups is 1. The van der Waals surface area contributed by atoms with Crippen LogP contribution in [0.3, 0.4) is 0 Å². The van der Waals surface area contributed by atoms with Crippen molar-refractivity contribution in [2.24, 2.45) is 28.7 Å². The number of aliphatic imine (C=N–C) groups is 1. The molecule has 10 heteroatoms. The summed E-state index contributed by atoms with van der Waals surface area (Å²) in [7, 11) is 1.59. The summed E-state index contributed by atoms with van der Waals surface area (Å²) in [5, 5.41) is 8.69. The average Bonchev–Trinajstić information content (AvgIpc) is 3.50. The first-order chi connectivity index (χ1) is 14.1. The molecule has 2 heterocycles. The van der Waals surface area contributed by atoms with Gasteiger partial charge < -0.3 is 20.4 Å². The number of halogens is 1. The number of carbonyl (C=O) groups is 3. The lowest BCUT2D eigenvalue weighted by Gasteiger charge is -2.18. The Kier molecular flexibility index (Phi) is 7.16. The number of guanidine groups is 1. The standard InChI is InChI=1S/C20H25N5O4.HI/c1-21-20(24-11-15(26)23-10-14-3-2-8-29-14)22-6-7-25-18(27)16-12-4-5-13(9-12)17(16)19(25)28;/h2-5,8,12-13,16-17H,6-7,9-11H2,1H3,(H,23,26)(H2,21,22,24);1H. The number of rotatable bonds is 7.